The quantitative estimate of drug-likeness (QED) is 0.783. The molecule has 32 heavy (non-hydrogen) atoms. The van der Waals surface area contributed by atoms with Crippen LogP contribution in [-0.4, -0.2) is 33.0 Å². The molecule has 0 amide bonds. The summed E-state index contributed by atoms with van der Waals surface area (Å²) < 4.78 is 16.7. The molecule has 1 atom stereocenters. The van der Waals surface area contributed by atoms with E-state index < -0.39 is 0 Å². The number of rotatable bonds is 3. The molecule has 0 aromatic heterocycles. The van der Waals surface area contributed by atoms with Crippen LogP contribution in [0, 0.1) is 16.7 Å². The van der Waals surface area contributed by atoms with Gasteiger partial charge in [-0.25, -0.2) is 4.99 Å². The second-order valence-electron chi connectivity index (χ2n) is 9.23. The fourth-order valence-electron chi connectivity index (χ4n) is 6.17. The molecule has 5 rings (SSSR count). The van der Waals surface area contributed by atoms with E-state index in [9.17, 15) is 5.26 Å². The van der Waals surface area contributed by atoms with E-state index in [4.69, 9.17) is 24.9 Å². The highest BCUT2D eigenvalue weighted by molar-refractivity contribution is 5.75. The molecule has 1 aliphatic heterocycles. The van der Waals surface area contributed by atoms with Crippen LogP contribution in [0.1, 0.15) is 48.8 Å². The van der Waals surface area contributed by atoms with E-state index in [0.29, 0.717) is 24.0 Å². The summed E-state index contributed by atoms with van der Waals surface area (Å²) in [5.41, 5.74) is 11.0. The lowest BCUT2D eigenvalue weighted by atomic mass is 9.60. The van der Waals surface area contributed by atoms with Crippen molar-refractivity contribution in [2.45, 2.75) is 50.2 Å². The zero-order valence-electron chi connectivity index (χ0n) is 18.7. The van der Waals surface area contributed by atoms with Crippen molar-refractivity contribution in [1.82, 2.24) is 0 Å². The van der Waals surface area contributed by atoms with Gasteiger partial charge in [-0.15, -0.1) is 0 Å². The molecule has 2 aliphatic carbocycles. The van der Waals surface area contributed by atoms with Crippen LogP contribution < -0.4 is 10.5 Å². The van der Waals surface area contributed by atoms with Gasteiger partial charge in [-0.2, -0.15) is 5.26 Å². The van der Waals surface area contributed by atoms with Crippen molar-refractivity contribution >= 4 is 6.02 Å². The summed E-state index contributed by atoms with van der Waals surface area (Å²) in [6.45, 7) is 0.576. The molecule has 1 saturated carbocycles. The molecule has 2 N–H and O–H groups in total. The van der Waals surface area contributed by atoms with Gasteiger partial charge in [0.1, 0.15) is 11.3 Å². The highest BCUT2D eigenvalue weighted by atomic mass is 16.5. The van der Waals surface area contributed by atoms with Crippen LogP contribution >= 0.6 is 0 Å². The molecule has 1 heterocycles. The van der Waals surface area contributed by atoms with Crippen LogP contribution in [0.5, 0.6) is 5.75 Å². The third-order valence-corrected chi connectivity index (χ3v) is 7.80. The van der Waals surface area contributed by atoms with Crippen molar-refractivity contribution in [3.63, 3.8) is 0 Å². The first-order chi connectivity index (χ1) is 15.5. The van der Waals surface area contributed by atoms with Gasteiger partial charge in [0.2, 0.25) is 0 Å². The highest BCUT2D eigenvalue weighted by Crippen LogP contribution is 2.62. The van der Waals surface area contributed by atoms with Crippen LogP contribution in [0.4, 0.5) is 0 Å². The normalized spacial score (nSPS) is 28.7. The number of nitrogens with zero attached hydrogens (tertiary/aromatic N) is 2. The largest absolute Gasteiger partial charge is 0.497 e. The van der Waals surface area contributed by atoms with Crippen molar-refractivity contribution in [3.05, 3.63) is 53.1 Å². The zero-order valence-corrected chi connectivity index (χ0v) is 18.7. The van der Waals surface area contributed by atoms with Gasteiger partial charge in [-0.05, 0) is 78.6 Å². The van der Waals surface area contributed by atoms with Gasteiger partial charge in [-0.3, -0.25) is 0 Å². The van der Waals surface area contributed by atoms with Crippen LogP contribution in [0.25, 0.3) is 11.1 Å². The second-order valence-corrected chi connectivity index (χ2v) is 9.23. The van der Waals surface area contributed by atoms with E-state index in [-0.39, 0.29) is 17.0 Å². The zero-order chi connectivity index (χ0) is 22.3. The maximum absolute atomic E-state index is 9.46. The fraction of sp³-hybridized carbons (Fsp3) is 0.462. The van der Waals surface area contributed by atoms with Gasteiger partial charge >= 0.3 is 0 Å². The first-order valence-corrected chi connectivity index (χ1v) is 11.3. The fourth-order valence-corrected chi connectivity index (χ4v) is 6.17. The predicted molar refractivity (Wildman–Crippen MR) is 122 cm³/mol. The summed E-state index contributed by atoms with van der Waals surface area (Å²) in [5, 5.41) is 9.46. The molecule has 0 bridgehead atoms. The van der Waals surface area contributed by atoms with E-state index in [2.05, 4.69) is 24.3 Å². The number of fused-ring (bicyclic) bond motifs is 3. The lowest BCUT2D eigenvalue weighted by molar-refractivity contribution is -0.0148. The second kappa shape index (κ2) is 7.83. The average Bonchev–Trinajstić information content (AvgIpc) is 3.06. The maximum Gasteiger partial charge on any atom is 0.282 e. The summed E-state index contributed by atoms with van der Waals surface area (Å²) in [6.07, 6.45) is 6.34. The Bertz CT molecular complexity index is 1110. The Balaban J connectivity index is 1.63. The van der Waals surface area contributed by atoms with E-state index in [1.807, 2.05) is 19.2 Å². The molecule has 1 unspecified atom stereocenters. The van der Waals surface area contributed by atoms with Gasteiger partial charge in [-0.1, -0.05) is 12.1 Å². The summed E-state index contributed by atoms with van der Waals surface area (Å²) in [7, 11) is 3.43. The minimum Gasteiger partial charge on any atom is -0.497 e. The number of nitriles is 1. The topological polar surface area (TPSA) is 89.9 Å². The Morgan fingerprint density at radius 2 is 1.91 bits per heavy atom. The third-order valence-electron chi connectivity index (χ3n) is 7.80. The van der Waals surface area contributed by atoms with Crippen LogP contribution in [0.15, 0.2) is 41.4 Å². The molecule has 3 aliphatic rings. The minimum atomic E-state index is -0.379. The summed E-state index contributed by atoms with van der Waals surface area (Å²) >= 11 is 0. The number of aliphatic imine (C=N–C) groups is 1. The molecular formula is C26H29N3O3. The smallest absolute Gasteiger partial charge is 0.282 e. The molecular weight excluding hydrogens is 402 g/mol. The van der Waals surface area contributed by atoms with Crippen molar-refractivity contribution in [1.29, 1.82) is 5.26 Å². The molecule has 2 aromatic rings. The molecule has 6 heteroatoms. The SMILES string of the molecule is COc1cc(C#N)cc(-c2ccc3c(c2)C2(CCOC(N)=N2)[C@]2(CC[C@H](OC)CC2)C3)c1. The molecule has 166 valence electrons. The van der Waals surface area contributed by atoms with Gasteiger partial charge < -0.3 is 19.9 Å². The van der Waals surface area contributed by atoms with Crippen molar-refractivity contribution in [3.8, 4) is 22.9 Å². The number of hydrogen-bond donors (Lipinski definition) is 1. The van der Waals surface area contributed by atoms with Gasteiger partial charge in [0.05, 0.1) is 31.5 Å². The first-order valence-electron chi connectivity index (χ1n) is 11.3. The van der Waals surface area contributed by atoms with E-state index >= 15 is 0 Å². The molecule has 1 fully saturated rings. The first kappa shape index (κ1) is 20.8. The monoisotopic (exact) mass is 431 g/mol. The predicted octanol–water partition coefficient (Wildman–Crippen LogP) is 4.30. The van der Waals surface area contributed by atoms with Crippen LogP contribution in [-0.2, 0) is 21.4 Å². The van der Waals surface area contributed by atoms with E-state index in [1.165, 1.54) is 11.1 Å². The van der Waals surface area contributed by atoms with Gasteiger partial charge in [0, 0.05) is 18.9 Å². The Labute approximate surface area is 189 Å². The van der Waals surface area contributed by atoms with Crippen LogP contribution in [0.3, 0.4) is 0 Å². The number of methoxy groups -OCH3 is 2. The lowest BCUT2D eigenvalue weighted by Crippen LogP contribution is -2.49. The Morgan fingerprint density at radius 1 is 1.09 bits per heavy atom. The molecule has 6 nitrogen and oxygen atoms in total. The Morgan fingerprint density at radius 3 is 2.59 bits per heavy atom. The third kappa shape index (κ3) is 3.15. The molecule has 2 aromatic carbocycles. The minimum absolute atomic E-state index is 0.0313. The summed E-state index contributed by atoms with van der Waals surface area (Å²) in [4.78, 5) is 5.04. The number of nitrogens with two attached hydrogens (primary N) is 1. The number of benzene rings is 2. The number of amidine groups is 1. The van der Waals surface area contributed by atoms with Gasteiger partial charge in [0.15, 0.2) is 0 Å². The number of ether oxygens (including phenoxy) is 3. The molecule has 0 saturated heterocycles. The Kier molecular flexibility index (Phi) is 5.10. The van der Waals surface area contributed by atoms with E-state index in [1.54, 1.807) is 13.2 Å². The van der Waals surface area contributed by atoms with Crippen LogP contribution in [0.2, 0.25) is 0 Å². The summed E-state index contributed by atoms with van der Waals surface area (Å²) in [6, 6.07) is 14.8. The van der Waals surface area contributed by atoms with Crippen molar-refractivity contribution < 1.29 is 14.2 Å². The number of hydrogen-bond acceptors (Lipinski definition) is 6. The lowest BCUT2D eigenvalue weighted by Gasteiger charge is -2.49. The van der Waals surface area contributed by atoms with Gasteiger partial charge in [0.25, 0.3) is 6.02 Å². The van der Waals surface area contributed by atoms with Crippen molar-refractivity contribution in [2.75, 3.05) is 20.8 Å². The summed E-state index contributed by atoms with van der Waals surface area (Å²) in [5.74, 6) is 0.678. The Hall–Kier alpha value is -3.04. The van der Waals surface area contributed by atoms with E-state index in [0.717, 1.165) is 49.7 Å². The van der Waals surface area contributed by atoms with Crippen molar-refractivity contribution in [2.24, 2.45) is 16.1 Å². The average molecular weight is 432 g/mol. The highest BCUT2D eigenvalue weighted by Gasteiger charge is 2.59. The molecule has 2 spiro atoms. The standard InChI is InChI=1S/C26H29N3O3/c1-30-21-5-7-25(8-6-21)15-19-4-3-18(20-11-17(16-27)12-22(13-20)31-2)14-23(19)26(25)9-10-32-24(28)29-26/h3-4,11-14,21H,5-10,15H2,1-2H3,(H2,28,29)/t21-,25-,26?. The molecule has 0 radical (unpaired) electrons. The maximum atomic E-state index is 9.46.